The molecule has 5 N–H and O–H groups in total. The lowest BCUT2D eigenvalue weighted by molar-refractivity contribution is -0.140. The zero-order chi connectivity index (χ0) is 22.5. The molecule has 0 bridgehead atoms. The molecule has 30 heavy (non-hydrogen) atoms. The van der Waals surface area contributed by atoms with E-state index in [0.29, 0.717) is 5.56 Å². The van der Waals surface area contributed by atoms with Crippen molar-refractivity contribution in [1.82, 2.24) is 25.9 Å². The minimum absolute atomic E-state index is 0.000314. The van der Waals surface area contributed by atoms with Gasteiger partial charge >= 0.3 is 11.8 Å². The maximum absolute atomic E-state index is 13.0. The summed E-state index contributed by atoms with van der Waals surface area (Å²) in [5, 5.41) is 17.2. The highest BCUT2D eigenvalue weighted by Gasteiger charge is 2.30. The Bertz CT molecular complexity index is 1020. The number of hydrogen-bond acceptors (Lipinski definition) is 6. The number of aromatic nitrogens is 2. The molecule has 0 fully saturated rings. The lowest BCUT2D eigenvalue weighted by Gasteiger charge is -2.25. The number of aromatic hydroxyl groups is 1. The summed E-state index contributed by atoms with van der Waals surface area (Å²) in [7, 11) is 0. The Morgan fingerprint density at radius 2 is 1.77 bits per heavy atom. The van der Waals surface area contributed by atoms with Crippen molar-refractivity contribution in [2.75, 3.05) is 6.54 Å². The number of likely N-dealkylation sites (N-methyl/N-ethyl adjacent to an activating group) is 1. The number of hydrogen-bond donors (Lipinski definition) is 5. The normalized spacial score (nSPS) is 10.9. The highest BCUT2D eigenvalue weighted by Crippen LogP contribution is 2.18. The van der Waals surface area contributed by atoms with Crippen LogP contribution in [0.3, 0.4) is 0 Å². The zero-order valence-corrected chi connectivity index (χ0v) is 16.6. The second-order valence-corrected chi connectivity index (χ2v) is 6.86. The molecule has 1 aromatic carbocycles. The zero-order valence-electron chi connectivity index (χ0n) is 16.6. The third kappa shape index (κ3) is 5.40. The highest BCUT2D eigenvalue weighted by atomic mass is 19.1. The standard InChI is InChI=1S/C19H22FN5O5/c1-4-21-16(29)17(30)25-19(2,3)18-23-12(13(26)15(28)24-18)14(27)22-9-10-5-7-11(20)8-6-10/h5-8,26H,4,9H2,1-3H3,(H,21,29)(H,22,27)(H,25,30)(H,23,24,28). The molecule has 11 heteroatoms. The molecule has 2 rings (SSSR count). The summed E-state index contributed by atoms with van der Waals surface area (Å²) in [5.41, 5.74) is -2.31. The van der Waals surface area contributed by atoms with Crippen LogP contribution in [0, 0.1) is 5.82 Å². The lowest BCUT2D eigenvalue weighted by Crippen LogP contribution is -2.49. The Labute approximate surface area is 170 Å². The number of nitrogens with one attached hydrogen (secondary N) is 4. The molecule has 0 aliphatic rings. The molecule has 0 atom stereocenters. The van der Waals surface area contributed by atoms with Crippen LogP contribution < -0.4 is 21.5 Å². The summed E-state index contributed by atoms with van der Waals surface area (Å²) in [6.07, 6.45) is 0. The number of amides is 3. The van der Waals surface area contributed by atoms with E-state index in [9.17, 15) is 28.7 Å². The van der Waals surface area contributed by atoms with Gasteiger partial charge in [-0.2, -0.15) is 0 Å². The quantitative estimate of drug-likeness (QED) is 0.417. The van der Waals surface area contributed by atoms with E-state index in [1.165, 1.54) is 38.1 Å². The van der Waals surface area contributed by atoms with E-state index in [4.69, 9.17) is 0 Å². The Balaban J connectivity index is 2.24. The van der Waals surface area contributed by atoms with Crippen molar-refractivity contribution in [3.8, 4) is 5.75 Å². The minimum Gasteiger partial charge on any atom is -0.501 e. The van der Waals surface area contributed by atoms with Crippen molar-refractivity contribution in [3.05, 3.63) is 57.5 Å². The van der Waals surface area contributed by atoms with E-state index < -0.39 is 46.1 Å². The predicted molar refractivity (Wildman–Crippen MR) is 104 cm³/mol. The molecule has 0 unspecified atom stereocenters. The molecular weight excluding hydrogens is 397 g/mol. The van der Waals surface area contributed by atoms with E-state index >= 15 is 0 Å². The number of carbonyl (C=O) groups excluding carboxylic acids is 3. The topological polar surface area (TPSA) is 153 Å². The smallest absolute Gasteiger partial charge is 0.310 e. The first-order chi connectivity index (χ1) is 14.0. The summed E-state index contributed by atoms with van der Waals surface area (Å²) < 4.78 is 13.0. The van der Waals surface area contributed by atoms with Crippen LogP contribution in [0.2, 0.25) is 0 Å². The maximum Gasteiger partial charge on any atom is 0.310 e. The Morgan fingerprint density at radius 3 is 2.37 bits per heavy atom. The average Bonchev–Trinajstić information content (AvgIpc) is 2.69. The number of rotatable bonds is 6. The summed E-state index contributed by atoms with van der Waals surface area (Å²) in [5.74, 6) is -4.16. The van der Waals surface area contributed by atoms with Gasteiger partial charge in [0.1, 0.15) is 11.6 Å². The average molecular weight is 419 g/mol. The summed E-state index contributed by atoms with van der Waals surface area (Å²) in [6.45, 7) is 4.81. The van der Waals surface area contributed by atoms with Crippen LogP contribution in [0.15, 0.2) is 29.1 Å². The van der Waals surface area contributed by atoms with E-state index in [1.54, 1.807) is 6.92 Å². The van der Waals surface area contributed by atoms with Crippen LogP contribution in [0.25, 0.3) is 0 Å². The van der Waals surface area contributed by atoms with E-state index in [-0.39, 0.29) is 18.9 Å². The van der Waals surface area contributed by atoms with Gasteiger partial charge in [0.2, 0.25) is 5.75 Å². The van der Waals surface area contributed by atoms with Crippen LogP contribution in [0.1, 0.15) is 42.6 Å². The van der Waals surface area contributed by atoms with Crippen LogP contribution >= 0.6 is 0 Å². The molecule has 1 aromatic heterocycles. The van der Waals surface area contributed by atoms with Crippen molar-refractivity contribution < 1.29 is 23.9 Å². The number of aromatic amines is 1. The lowest BCUT2D eigenvalue weighted by atomic mass is 10.0. The third-order valence-corrected chi connectivity index (χ3v) is 4.04. The fraction of sp³-hybridized carbons (Fsp3) is 0.316. The van der Waals surface area contributed by atoms with Crippen LogP contribution in [0.5, 0.6) is 5.75 Å². The third-order valence-electron chi connectivity index (χ3n) is 4.04. The molecule has 1 heterocycles. The van der Waals surface area contributed by atoms with Gasteiger partial charge < -0.3 is 26.0 Å². The first-order valence-electron chi connectivity index (χ1n) is 9.02. The fourth-order valence-electron chi connectivity index (χ4n) is 2.43. The number of H-pyrrole nitrogens is 1. The van der Waals surface area contributed by atoms with Gasteiger partial charge in [-0.15, -0.1) is 0 Å². The van der Waals surface area contributed by atoms with Gasteiger partial charge in [0, 0.05) is 13.1 Å². The number of nitrogens with zero attached hydrogens (tertiary/aromatic N) is 1. The van der Waals surface area contributed by atoms with Crippen LogP contribution in [0.4, 0.5) is 4.39 Å². The molecule has 2 aromatic rings. The van der Waals surface area contributed by atoms with Crippen molar-refractivity contribution in [2.24, 2.45) is 0 Å². The van der Waals surface area contributed by atoms with Gasteiger partial charge in [-0.1, -0.05) is 12.1 Å². The largest absolute Gasteiger partial charge is 0.501 e. The summed E-state index contributed by atoms with van der Waals surface area (Å²) in [6, 6.07) is 5.38. The predicted octanol–water partition coefficient (Wildman–Crippen LogP) is 0.0320. The molecule has 3 amide bonds. The Hall–Kier alpha value is -3.76. The molecule has 0 spiro atoms. The van der Waals surface area contributed by atoms with Crippen molar-refractivity contribution in [2.45, 2.75) is 32.9 Å². The number of halogens is 1. The Kier molecular flexibility index (Phi) is 6.88. The van der Waals surface area contributed by atoms with Gasteiger partial charge in [0.15, 0.2) is 5.69 Å². The van der Waals surface area contributed by atoms with Crippen molar-refractivity contribution >= 4 is 17.7 Å². The first-order valence-corrected chi connectivity index (χ1v) is 9.02. The van der Waals surface area contributed by atoms with Crippen LogP contribution in [-0.4, -0.2) is 39.3 Å². The van der Waals surface area contributed by atoms with Gasteiger partial charge in [-0.05, 0) is 38.5 Å². The summed E-state index contributed by atoms with van der Waals surface area (Å²) >= 11 is 0. The van der Waals surface area contributed by atoms with Crippen molar-refractivity contribution in [1.29, 1.82) is 0 Å². The second kappa shape index (κ2) is 9.16. The highest BCUT2D eigenvalue weighted by molar-refractivity contribution is 6.35. The monoisotopic (exact) mass is 419 g/mol. The van der Waals surface area contributed by atoms with Crippen LogP contribution in [-0.2, 0) is 21.7 Å². The molecule has 160 valence electrons. The molecule has 0 aliphatic heterocycles. The maximum atomic E-state index is 13.0. The molecule has 0 saturated carbocycles. The molecule has 0 aliphatic carbocycles. The van der Waals surface area contributed by atoms with E-state index in [2.05, 4.69) is 25.9 Å². The fourth-order valence-corrected chi connectivity index (χ4v) is 2.43. The SMILES string of the molecule is CCNC(=O)C(=O)NC(C)(C)c1nc(C(=O)NCc2ccc(F)cc2)c(O)c(=O)[nH]1. The first kappa shape index (κ1) is 22.5. The van der Waals surface area contributed by atoms with Gasteiger partial charge in [-0.3, -0.25) is 19.2 Å². The molecule has 10 nitrogen and oxygen atoms in total. The van der Waals surface area contributed by atoms with E-state index in [0.717, 1.165) is 0 Å². The van der Waals surface area contributed by atoms with E-state index in [1.807, 2.05) is 0 Å². The number of benzene rings is 1. The second-order valence-electron chi connectivity index (χ2n) is 6.86. The van der Waals surface area contributed by atoms with Gasteiger partial charge in [0.05, 0.1) is 5.54 Å². The Morgan fingerprint density at radius 1 is 1.13 bits per heavy atom. The minimum atomic E-state index is -1.35. The molecule has 0 saturated heterocycles. The molecule has 0 radical (unpaired) electrons. The van der Waals surface area contributed by atoms with Gasteiger partial charge in [-0.25, -0.2) is 9.37 Å². The van der Waals surface area contributed by atoms with Crippen molar-refractivity contribution in [3.63, 3.8) is 0 Å². The number of carbonyl (C=O) groups is 3. The van der Waals surface area contributed by atoms with Gasteiger partial charge in [0.25, 0.3) is 11.5 Å². The molecular formula is C19H22FN5O5. The summed E-state index contributed by atoms with van der Waals surface area (Å²) in [4.78, 5) is 54.4.